The lowest BCUT2D eigenvalue weighted by atomic mass is 10.2. The number of halogens is 1. The molecule has 1 aromatic carbocycles. The van der Waals surface area contributed by atoms with Crippen LogP contribution in [0.5, 0.6) is 5.75 Å². The van der Waals surface area contributed by atoms with Crippen LogP contribution in [0.15, 0.2) is 41.6 Å². The number of aryl methyl sites for hydroxylation is 1. The van der Waals surface area contributed by atoms with E-state index in [2.05, 4.69) is 14.8 Å². The van der Waals surface area contributed by atoms with Gasteiger partial charge in [0.1, 0.15) is 16.3 Å². The molecule has 0 aliphatic heterocycles. The minimum absolute atomic E-state index is 0.0484. The Balaban J connectivity index is 2.20. The summed E-state index contributed by atoms with van der Waals surface area (Å²) in [4.78, 5) is 3.88. The Morgan fingerprint density at radius 1 is 1.30 bits per heavy atom. The van der Waals surface area contributed by atoms with Gasteiger partial charge in [-0.2, -0.15) is 5.10 Å². The number of nitrogens with one attached hydrogen (secondary N) is 1. The maximum absolute atomic E-state index is 12.6. The normalized spacial score (nSPS) is 11.6. The van der Waals surface area contributed by atoms with Crippen molar-refractivity contribution in [3.8, 4) is 5.75 Å². The first-order valence-electron chi connectivity index (χ1n) is 6.56. The van der Waals surface area contributed by atoms with E-state index in [4.69, 9.17) is 16.3 Å². The van der Waals surface area contributed by atoms with Gasteiger partial charge < -0.3 is 4.74 Å². The highest BCUT2D eigenvalue weighted by Gasteiger charge is 2.21. The highest BCUT2D eigenvalue weighted by atomic mass is 35.5. The van der Waals surface area contributed by atoms with Crippen LogP contribution in [0.1, 0.15) is 0 Å². The molecule has 1 N–H and O–H groups in total. The number of hydrogen-bond acceptors (Lipinski definition) is 5. The largest absolute Gasteiger partial charge is 0.494 e. The molecule has 0 spiro atoms. The van der Waals surface area contributed by atoms with Gasteiger partial charge >= 0.3 is 0 Å². The smallest absolute Gasteiger partial charge is 0.263 e. The zero-order valence-electron chi connectivity index (χ0n) is 12.3. The van der Waals surface area contributed by atoms with Crippen LogP contribution in [-0.4, -0.2) is 30.3 Å². The number of hydrogen-bond donors (Lipinski definition) is 1. The molecular formula is C14H13ClN4O3S. The van der Waals surface area contributed by atoms with E-state index in [-0.39, 0.29) is 15.7 Å². The van der Waals surface area contributed by atoms with Crippen molar-refractivity contribution in [1.29, 1.82) is 0 Å². The van der Waals surface area contributed by atoms with Gasteiger partial charge in [0.25, 0.3) is 10.0 Å². The number of nitrogens with zero attached hydrogens (tertiary/aromatic N) is 3. The van der Waals surface area contributed by atoms with E-state index in [0.717, 1.165) is 0 Å². The van der Waals surface area contributed by atoms with Gasteiger partial charge in [0.2, 0.25) is 0 Å². The predicted octanol–water partition coefficient (Wildman–Crippen LogP) is 2.43. The Morgan fingerprint density at radius 3 is 2.74 bits per heavy atom. The highest BCUT2D eigenvalue weighted by Crippen LogP contribution is 2.37. The lowest BCUT2D eigenvalue weighted by Crippen LogP contribution is -2.14. The quantitative estimate of drug-likeness (QED) is 0.779. The molecule has 9 heteroatoms. The first kappa shape index (κ1) is 15.6. The standard InChI is InChI=1S/C14H13ClN4O3S/c1-19-13-10(14(15)17-19)5-6-11(22-2)12(13)18-23(20,21)9-4-3-7-16-8-9/h3-8,18H,1-2H3. The third-order valence-corrected chi connectivity index (χ3v) is 4.94. The minimum Gasteiger partial charge on any atom is -0.494 e. The Morgan fingerprint density at radius 2 is 2.09 bits per heavy atom. The molecule has 0 aliphatic carbocycles. The van der Waals surface area contributed by atoms with Crippen molar-refractivity contribution in [2.45, 2.75) is 4.90 Å². The summed E-state index contributed by atoms with van der Waals surface area (Å²) in [6, 6.07) is 6.37. The number of fused-ring (bicyclic) bond motifs is 1. The molecule has 0 aliphatic rings. The number of pyridine rings is 1. The third-order valence-electron chi connectivity index (χ3n) is 3.32. The van der Waals surface area contributed by atoms with Gasteiger partial charge in [0, 0.05) is 24.8 Å². The molecule has 0 bridgehead atoms. The summed E-state index contributed by atoms with van der Waals surface area (Å²) in [7, 11) is -0.686. The number of aromatic nitrogens is 3. The molecule has 0 radical (unpaired) electrons. The van der Waals surface area contributed by atoms with Gasteiger partial charge in [0.15, 0.2) is 5.15 Å². The Bertz CT molecular complexity index is 971. The molecule has 0 saturated heterocycles. The maximum Gasteiger partial charge on any atom is 0.263 e. The van der Waals surface area contributed by atoms with Crippen LogP contribution in [0.4, 0.5) is 5.69 Å². The second-order valence-corrected chi connectivity index (χ2v) is 6.79. The Hall–Kier alpha value is -2.32. The number of benzene rings is 1. The molecule has 0 saturated carbocycles. The van der Waals surface area contributed by atoms with E-state index in [9.17, 15) is 8.42 Å². The van der Waals surface area contributed by atoms with Crippen molar-refractivity contribution in [2.24, 2.45) is 7.05 Å². The Kier molecular flexibility index (Phi) is 3.87. The van der Waals surface area contributed by atoms with Crippen LogP contribution in [0, 0.1) is 0 Å². The highest BCUT2D eigenvalue weighted by molar-refractivity contribution is 7.92. The Labute approximate surface area is 137 Å². The van der Waals surface area contributed by atoms with Crippen LogP contribution in [0.2, 0.25) is 5.15 Å². The molecule has 7 nitrogen and oxygen atoms in total. The number of methoxy groups -OCH3 is 1. The lowest BCUT2D eigenvalue weighted by Gasteiger charge is -2.13. The van der Waals surface area contributed by atoms with Gasteiger partial charge in [0.05, 0.1) is 12.6 Å². The molecule has 3 aromatic rings. The molecule has 0 atom stereocenters. The number of anilines is 1. The average molecular weight is 353 g/mol. The second kappa shape index (κ2) is 5.71. The molecule has 2 aromatic heterocycles. The van der Waals surface area contributed by atoms with E-state index in [1.54, 1.807) is 25.2 Å². The van der Waals surface area contributed by atoms with Crippen molar-refractivity contribution < 1.29 is 13.2 Å². The van der Waals surface area contributed by atoms with Crippen molar-refractivity contribution in [2.75, 3.05) is 11.8 Å². The van der Waals surface area contributed by atoms with Crippen LogP contribution in [0.25, 0.3) is 10.9 Å². The van der Waals surface area contributed by atoms with Crippen LogP contribution < -0.4 is 9.46 Å². The summed E-state index contributed by atoms with van der Waals surface area (Å²) in [6.45, 7) is 0. The molecule has 23 heavy (non-hydrogen) atoms. The van der Waals surface area contributed by atoms with Crippen LogP contribution in [0.3, 0.4) is 0 Å². The monoisotopic (exact) mass is 352 g/mol. The fourth-order valence-corrected chi connectivity index (χ4v) is 3.59. The predicted molar refractivity (Wildman–Crippen MR) is 87.3 cm³/mol. The minimum atomic E-state index is -3.82. The molecular weight excluding hydrogens is 340 g/mol. The summed E-state index contributed by atoms with van der Waals surface area (Å²) in [5.74, 6) is 0.365. The van der Waals surface area contributed by atoms with Crippen molar-refractivity contribution in [3.05, 3.63) is 41.8 Å². The van der Waals surface area contributed by atoms with E-state index < -0.39 is 10.0 Å². The fraction of sp³-hybridized carbons (Fsp3) is 0.143. The zero-order valence-corrected chi connectivity index (χ0v) is 13.9. The van der Waals surface area contributed by atoms with Crippen LogP contribution >= 0.6 is 11.6 Å². The second-order valence-electron chi connectivity index (χ2n) is 4.75. The lowest BCUT2D eigenvalue weighted by molar-refractivity contribution is 0.417. The van der Waals surface area contributed by atoms with Gasteiger partial charge in [-0.25, -0.2) is 8.42 Å². The van der Waals surface area contributed by atoms with Gasteiger partial charge in [-0.15, -0.1) is 0 Å². The van der Waals surface area contributed by atoms with Crippen LogP contribution in [-0.2, 0) is 17.1 Å². The van der Waals surface area contributed by atoms with Gasteiger partial charge in [-0.05, 0) is 24.3 Å². The average Bonchev–Trinajstić information content (AvgIpc) is 2.83. The molecule has 120 valence electrons. The first-order chi connectivity index (χ1) is 10.9. The summed E-state index contributed by atoms with van der Waals surface area (Å²) >= 11 is 6.07. The molecule has 3 rings (SSSR count). The van der Waals surface area contributed by atoms with Gasteiger partial charge in [-0.3, -0.25) is 14.4 Å². The topological polar surface area (TPSA) is 86.1 Å². The third kappa shape index (κ3) is 2.71. The first-order valence-corrected chi connectivity index (χ1v) is 8.42. The van der Waals surface area contributed by atoms with Crippen molar-refractivity contribution in [3.63, 3.8) is 0 Å². The van der Waals surface area contributed by atoms with Crippen molar-refractivity contribution in [1.82, 2.24) is 14.8 Å². The number of sulfonamides is 1. The molecule has 0 unspecified atom stereocenters. The van der Waals surface area contributed by atoms with E-state index in [1.165, 1.54) is 30.3 Å². The van der Waals surface area contributed by atoms with E-state index in [1.807, 2.05) is 0 Å². The molecule has 0 fully saturated rings. The van der Waals surface area contributed by atoms with Crippen molar-refractivity contribution >= 4 is 38.2 Å². The number of ether oxygens (including phenoxy) is 1. The van der Waals surface area contributed by atoms with Gasteiger partial charge in [-0.1, -0.05) is 11.6 Å². The summed E-state index contributed by atoms with van der Waals surface area (Å²) in [5, 5.41) is 5.02. The van der Waals surface area contributed by atoms with E-state index >= 15 is 0 Å². The molecule has 0 amide bonds. The summed E-state index contributed by atoms with van der Waals surface area (Å²) in [6.07, 6.45) is 2.77. The van der Waals surface area contributed by atoms with E-state index in [0.29, 0.717) is 16.7 Å². The maximum atomic E-state index is 12.6. The number of rotatable bonds is 4. The molecule has 2 heterocycles. The fourth-order valence-electron chi connectivity index (χ4n) is 2.28. The summed E-state index contributed by atoms with van der Waals surface area (Å²) in [5.41, 5.74) is 0.803. The summed E-state index contributed by atoms with van der Waals surface area (Å²) < 4.78 is 34.4. The SMILES string of the molecule is COc1ccc2c(Cl)nn(C)c2c1NS(=O)(=O)c1cccnc1. The zero-order chi connectivity index (χ0) is 16.6.